The van der Waals surface area contributed by atoms with Crippen LogP contribution in [-0.2, 0) is 4.74 Å². The predicted octanol–water partition coefficient (Wildman–Crippen LogP) is 6.11. The topological polar surface area (TPSA) is 91.4 Å². The van der Waals surface area contributed by atoms with Crippen molar-refractivity contribution in [2.75, 3.05) is 26.9 Å². The van der Waals surface area contributed by atoms with Gasteiger partial charge in [-0.05, 0) is 74.7 Å². The number of methoxy groups -OCH3 is 1. The van der Waals surface area contributed by atoms with Gasteiger partial charge in [0.05, 0.1) is 31.3 Å². The summed E-state index contributed by atoms with van der Waals surface area (Å²) in [4.78, 5) is 12.6. The maximum absolute atomic E-state index is 12.6. The largest absolute Gasteiger partial charge is 0.493 e. The van der Waals surface area contributed by atoms with Gasteiger partial charge in [-0.1, -0.05) is 43.5 Å². The maximum Gasteiger partial charge on any atom is 0.341 e. The van der Waals surface area contributed by atoms with E-state index in [4.69, 9.17) is 15.2 Å². The molecular weight excluding hydrogens is 495 g/mol. The molecule has 8 heteroatoms. The van der Waals surface area contributed by atoms with Gasteiger partial charge >= 0.3 is 5.97 Å². The molecule has 2 unspecified atom stereocenters. The molecule has 3 aromatic rings. The average Bonchev–Trinajstić information content (AvgIpc) is 3.62. The van der Waals surface area contributed by atoms with Crippen LogP contribution in [0.25, 0.3) is 16.8 Å². The summed E-state index contributed by atoms with van der Waals surface area (Å²) in [5.41, 5.74) is 12.9. The summed E-state index contributed by atoms with van der Waals surface area (Å²) in [6, 6.07) is 14.6. The fourth-order valence-corrected chi connectivity index (χ4v) is 7.60. The lowest BCUT2D eigenvalue weighted by molar-refractivity contribution is 0.0599. The van der Waals surface area contributed by atoms with E-state index in [1.54, 1.807) is 6.20 Å². The standard InChI is InChI=1S/C30H37N4O3P/c1-20-24(13-8-14-26(20)37-18-21-9-5-4-6-10-21)22-11-7-12-23(15-22)34-29(25(16-33-34)30(35)36-3)27-19-38(27)28(31)17-32-2/h7-8,11-17,21,27,32H,4-6,9-10,18-19,31H2,1-3H3/b28-17+. The molecule has 0 amide bonds. The van der Waals surface area contributed by atoms with Crippen molar-refractivity contribution >= 4 is 13.9 Å². The maximum atomic E-state index is 12.6. The highest BCUT2D eigenvalue weighted by atomic mass is 31.1. The van der Waals surface area contributed by atoms with E-state index in [-0.39, 0.29) is 11.6 Å². The first-order valence-corrected chi connectivity index (χ1v) is 15.0. The van der Waals surface area contributed by atoms with E-state index < -0.39 is 7.92 Å². The van der Waals surface area contributed by atoms with Gasteiger partial charge in [-0.15, -0.1) is 0 Å². The minimum absolute atomic E-state index is 0.160. The second-order valence-corrected chi connectivity index (χ2v) is 12.6. The summed E-state index contributed by atoms with van der Waals surface area (Å²) in [7, 11) is 2.68. The van der Waals surface area contributed by atoms with Crippen LogP contribution in [0, 0.1) is 12.8 Å². The smallest absolute Gasteiger partial charge is 0.341 e. The first kappa shape index (κ1) is 26.3. The van der Waals surface area contributed by atoms with Gasteiger partial charge in [-0.25, -0.2) is 9.48 Å². The van der Waals surface area contributed by atoms with Crippen LogP contribution in [0.4, 0.5) is 0 Å². The number of nitrogens with zero attached hydrogens (tertiary/aromatic N) is 2. The van der Waals surface area contributed by atoms with Crippen LogP contribution >= 0.6 is 7.92 Å². The van der Waals surface area contributed by atoms with Crippen LogP contribution in [-0.4, -0.2) is 42.7 Å². The lowest BCUT2D eigenvalue weighted by Gasteiger charge is -2.22. The van der Waals surface area contributed by atoms with Crippen LogP contribution in [0.1, 0.15) is 59.4 Å². The molecule has 1 aliphatic carbocycles. The van der Waals surface area contributed by atoms with Crippen LogP contribution in [0.15, 0.2) is 60.3 Å². The Morgan fingerprint density at radius 1 is 1.21 bits per heavy atom. The number of nitrogens with one attached hydrogen (secondary N) is 1. The molecule has 2 aliphatic rings. The van der Waals surface area contributed by atoms with Crippen molar-refractivity contribution in [2.24, 2.45) is 11.7 Å². The van der Waals surface area contributed by atoms with Crippen molar-refractivity contribution in [3.63, 3.8) is 0 Å². The zero-order valence-corrected chi connectivity index (χ0v) is 23.3. The Hall–Kier alpha value is -3.31. The van der Waals surface area contributed by atoms with Crippen molar-refractivity contribution in [3.05, 3.63) is 77.1 Å². The predicted molar refractivity (Wildman–Crippen MR) is 153 cm³/mol. The summed E-state index contributed by atoms with van der Waals surface area (Å²) < 4.78 is 13.3. The molecule has 2 fully saturated rings. The third kappa shape index (κ3) is 5.44. The Labute approximate surface area is 226 Å². The van der Waals surface area contributed by atoms with Gasteiger partial charge in [-0.2, -0.15) is 5.10 Å². The van der Waals surface area contributed by atoms with Gasteiger partial charge in [0.1, 0.15) is 11.3 Å². The van der Waals surface area contributed by atoms with Crippen LogP contribution in [0.5, 0.6) is 5.75 Å². The molecule has 5 rings (SSSR count). The molecule has 1 saturated carbocycles. The van der Waals surface area contributed by atoms with E-state index in [9.17, 15) is 4.79 Å². The highest BCUT2D eigenvalue weighted by molar-refractivity contribution is 7.69. The van der Waals surface area contributed by atoms with Crippen molar-refractivity contribution < 1.29 is 14.3 Å². The van der Waals surface area contributed by atoms with Gasteiger partial charge in [-0.3, -0.25) is 0 Å². The monoisotopic (exact) mass is 532 g/mol. The molecule has 2 atom stereocenters. The number of nitrogens with two attached hydrogens (primary N) is 1. The molecule has 200 valence electrons. The number of benzene rings is 2. The summed E-state index contributed by atoms with van der Waals surface area (Å²) in [5.74, 6) is 1.23. The third-order valence-corrected chi connectivity index (χ3v) is 9.91. The lowest BCUT2D eigenvalue weighted by Crippen LogP contribution is -2.15. The highest BCUT2D eigenvalue weighted by Gasteiger charge is 2.45. The molecule has 0 radical (unpaired) electrons. The zero-order chi connectivity index (χ0) is 26.6. The molecular formula is C30H37N4O3P. The molecule has 7 nitrogen and oxygen atoms in total. The summed E-state index contributed by atoms with van der Waals surface area (Å²) in [6.07, 6.45) is 10.9. The van der Waals surface area contributed by atoms with Crippen LogP contribution in [0.3, 0.4) is 0 Å². The number of hydrogen-bond acceptors (Lipinski definition) is 6. The normalized spacial score (nSPS) is 19.7. The van der Waals surface area contributed by atoms with Gasteiger partial charge in [0.2, 0.25) is 0 Å². The van der Waals surface area contributed by atoms with Crippen molar-refractivity contribution in [3.8, 4) is 22.6 Å². The first-order valence-electron chi connectivity index (χ1n) is 13.4. The third-order valence-electron chi connectivity index (χ3n) is 7.65. The SMILES string of the molecule is CN/C=C(\N)P1CC1c1c(C(=O)OC)cnn1-c1cccc(-c2cccc(OCC3CCCCC3)c2C)c1. The van der Waals surface area contributed by atoms with Crippen molar-refractivity contribution in [1.82, 2.24) is 15.1 Å². The Kier molecular flexibility index (Phi) is 8.04. The molecule has 2 aromatic carbocycles. The number of carbonyl (C=O) groups is 1. The number of carbonyl (C=O) groups excluding carboxylic acids is 1. The molecule has 1 aliphatic heterocycles. The number of hydrogen-bond donors (Lipinski definition) is 2. The average molecular weight is 533 g/mol. The van der Waals surface area contributed by atoms with Crippen molar-refractivity contribution in [2.45, 2.75) is 44.7 Å². The second kappa shape index (κ2) is 11.6. The van der Waals surface area contributed by atoms with Gasteiger partial charge in [0.25, 0.3) is 0 Å². The van der Waals surface area contributed by atoms with Crippen LogP contribution < -0.4 is 15.8 Å². The molecule has 2 heterocycles. The van der Waals surface area contributed by atoms with E-state index in [0.717, 1.165) is 52.0 Å². The molecule has 1 saturated heterocycles. The molecule has 0 spiro atoms. The summed E-state index contributed by atoms with van der Waals surface area (Å²) >= 11 is 0. The highest BCUT2D eigenvalue weighted by Crippen LogP contribution is 2.73. The second-order valence-electron chi connectivity index (χ2n) is 10.2. The number of rotatable bonds is 9. The Morgan fingerprint density at radius 2 is 2.00 bits per heavy atom. The Bertz CT molecular complexity index is 1330. The van der Waals surface area contributed by atoms with E-state index in [1.807, 2.05) is 30.1 Å². The molecule has 38 heavy (non-hydrogen) atoms. The molecule has 1 aromatic heterocycles. The fourth-order valence-electron chi connectivity index (χ4n) is 5.49. The Balaban J connectivity index is 1.45. The first-order chi connectivity index (χ1) is 18.5. The van der Waals surface area contributed by atoms with E-state index in [1.165, 1.54) is 39.2 Å². The summed E-state index contributed by atoms with van der Waals surface area (Å²) in [5, 5.41) is 7.66. The van der Waals surface area contributed by atoms with E-state index >= 15 is 0 Å². The molecule has 3 N–H and O–H groups in total. The van der Waals surface area contributed by atoms with Gasteiger partial charge in [0, 0.05) is 24.3 Å². The Morgan fingerprint density at radius 3 is 2.76 bits per heavy atom. The number of esters is 1. The van der Waals surface area contributed by atoms with Gasteiger partial charge in [0.15, 0.2) is 0 Å². The number of aromatic nitrogens is 2. The van der Waals surface area contributed by atoms with Gasteiger partial charge < -0.3 is 20.5 Å². The zero-order valence-electron chi connectivity index (χ0n) is 22.4. The minimum atomic E-state index is -0.564. The number of ether oxygens (including phenoxy) is 2. The minimum Gasteiger partial charge on any atom is -0.493 e. The van der Waals surface area contributed by atoms with Crippen molar-refractivity contribution in [1.29, 1.82) is 0 Å². The van der Waals surface area contributed by atoms with E-state index in [2.05, 4.69) is 47.7 Å². The quantitative estimate of drug-likeness (QED) is 0.255. The molecule has 0 bridgehead atoms. The summed E-state index contributed by atoms with van der Waals surface area (Å²) in [6.45, 7) is 2.91. The lowest BCUT2D eigenvalue weighted by atomic mass is 9.90. The fraction of sp³-hybridized carbons (Fsp3) is 0.400. The van der Waals surface area contributed by atoms with E-state index in [0.29, 0.717) is 11.5 Å². The van der Waals surface area contributed by atoms with Crippen LogP contribution in [0.2, 0.25) is 0 Å².